The molecule has 1 N–H and O–H groups in total. The molecule has 4 aromatic rings. The zero-order valence-electron chi connectivity index (χ0n) is 18.8. The van der Waals surface area contributed by atoms with Crippen molar-refractivity contribution in [3.8, 4) is 33.7 Å². The maximum atomic E-state index is 13.8. The van der Waals surface area contributed by atoms with Crippen LogP contribution in [0.1, 0.15) is 17.4 Å². The van der Waals surface area contributed by atoms with Crippen LogP contribution in [-0.2, 0) is 17.7 Å². The van der Waals surface area contributed by atoms with Crippen LogP contribution < -0.4 is 4.74 Å². The molecule has 0 radical (unpaired) electrons. The molecule has 35 heavy (non-hydrogen) atoms. The van der Waals surface area contributed by atoms with E-state index in [-0.39, 0.29) is 11.9 Å². The maximum absolute atomic E-state index is 13.8. The van der Waals surface area contributed by atoms with Crippen molar-refractivity contribution in [2.75, 3.05) is 13.1 Å². The van der Waals surface area contributed by atoms with Crippen molar-refractivity contribution in [1.82, 2.24) is 15.0 Å². The number of nitrogens with zero attached hydrogens (tertiary/aromatic N) is 3. The second-order valence-corrected chi connectivity index (χ2v) is 9.24. The fourth-order valence-electron chi connectivity index (χ4n) is 3.86. The number of likely N-dealkylation sites (tertiary alicyclic amines) is 1. The van der Waals surface area contributed by atoms with E-state index in [2.05, 4.69) is 28.0 Å². The lowest BCUT2D eigenvalue weighted by Crippen LogP contribution is -2.51. The van der Waals surface area contributed by atoms with Crippen molar-refractivity contribution in [1.29, 1.82) is 0 Å². The fraction of sp³-hybridized carbons (Fsp3) is 0.240. The molecular weight excluding hydrogens is 473 g/mol. The van der Waals surface area contributed by atoms with Crippen molar-refractivity contribution in [3.63, 3.8) is 0 Å². The lowest BCUT2D eigenvalue weighted by Gasteiger charge is -2.37. The Bertz CT molecular complexity index is 1330. The van der Waals surface area contributed by atoms with E-state index >= 15 is 0 Å². The Morgan fingerprint density at radius 3 is 2.71 bits per heavy atom. The van der Waals surface area contributed by atoms with Gasteiger partial charge in [0.1, 0.15) is 11.9 Å². The highest BCUT2D eigenvalue weighted by Crippen LogP contribution is 2.34. The standard InChI is InChI=1S/C25H22FN3O5S/c1-2-15-11-19(14-29-12-18(13-29)33-25(30)31)35-22(15)23-27-24(34-28-23)16-7-9-17(10-8-16)32-21-6-4-3-5-20(21)26/h3-11,18H,2,12-14H2,1H3,(H,30,31). The Balaban J connectivity index is 1.27. The zero-order valence-corrected chi connectivity index (χ0v) is 19.6. The summed E-state index contributed by atoms with van der Waals surface area (Å²) in [7, 11) is 0. The maximum Gasteiger partial charge on any atom is 0.506 e. The molecule has 1 fully saturated rings. The monoisotopic (exact) mass is 495 g/mol. The Labute approximate surface area is 204 Å². The molecule has 3 heterocycles. The highest BCUT2D eigenvalue weighted by atomic mass is 32.1. The molecule has 0 bridgehead atoms. The van der Waals surface area contributed by atoms with Gasteiger partial charge in [0.05, 0.1) is 4.88 Å². The minimum atomic E-state index is -1.23. The van der Waals surface area contributed by atoms with Crippen molar-refractivity contribution in [3.05, 3.63) is 70.9 Å². The first-order valence-corrected chi connectivity index (χ1v) is 11.9. The summed E-state index contributed by atoms with van der Waals surface area (Å²) in [5.41, 5.74) is 1.86. The van der Waals surface area contributed by atoms with Gasteiger partial charge in [-0.2, -0.15) is 4.98 Å². The molecule has 0 unspecified atom stereocenters. The molecular formula is C25H22FN3O5S. The van der Waals surface area contributed by atoms with Crippen LogP contribution in [0.5, 0.6) is 11.5 Å². The van der Waals surface area contributed by atoms with Crippen molar-refractivity contribution in [2.24, 2.45) is 0 Å². The van der Waals surface area contributed by atoms with Gasteiger partial charge in [-0.25, -0.2) is 9.18 Å². The number of hydrogen-bond donors (Lipinski definition) is 1. The summed E-state index contributed by atoms with van der Waals surface area (Å²) < 4.78 is 29.7. The molecule has 2 aromatic carbocycles. The van der Waals surface area contributed by atoms with E-state index < -0.39 is 12.0 Å². The molecule has 0 amide bonds. The number of rotatable bonds is 8. The third kappa shape index (κ3) is 5.18. The zero-order chi connectivity index (χ0) is 24.4. The largest absolute Gasteiger partial charge is 0.506 e. The van der Waals surface area contributed by atoms with Gasteiger partial charge in [-0.15, -0.1) is 11.3 Å². The van der Waals surface area contributed by atoms with Gasteiger partial charge in [-0.1, -0.05) is 24.2 Å². The first kappa shape index (κ1) is 23.0. The molecule has 0 spiro atoms. The molecule has 8 nitrogen and oxygen atoms in total. The first-order chi connectivity index (χ1) is 17.0. The molecule has 5 rings (SSSR count). The van der Waals surface area contributed by atoms with Gasteiger partial charge >= 0.3 is 6.16 Å². The summed E-state index contributed by atoms with van der Waals surface area (Å²) >= 11 is 1.60. The van der Waals surface area contributed by atoms with Crippen LogP contribution in [-0.4, -0.2) is 45.5 Å². The number of carboxylic acid groups (broad SMARTS) is 1. The summed E-state index contributed by atoms with van der Waals surface area (Å²) in [6.45, 7) is 3.96. The van der Waals surface area contributed by atoms with Crippen LogP contribution in [0.3, 0.4) is 0 Å². The second kappa shape index (κ2) is 9.85. The van der Waals surface area contributed by atoms with E-state index in [1.165, 1.54) is 6.07 Å². The molecule has 0 saturated carbocycles. The minimum absolute atomic E-state index is 0.157. The number of aryl methyl sites for hydroxylation is 1. The number of benzene rings is 2. The number of aromatic nitrogens is 2. The lowest BCUT2D eigenvalue weighted by molar-refractivity contribution is -0.0359. The van der Waals surface area contributed by atoms with Crippen molar-refractivity contribution >= 4 is 17.5 Å². The number of carbonyl (C=O) groups is 1. The Hall–Kier alpha value is -3.76. The van der Waals surface area contributed by atoms with Crippen LogP contribution in [0, 0.1) is 5.82 Å². The average Bonchev–Trinajstić information content (AvgIpc) is 3.46. The average molecular weight is 496 g/mol. The summed E-state index contributed by atoms with van der Waals surface area (Å²) in [5, 5.41) is 12.9. The van der Waals surface area contributed by atoms with Crippen LogP contribution in [0.15, 0.2) is 59.1 Å². The summed E-state index contributed by atoms with van der Waals surface area (Å²) in [4.78, 5) is 19.5. The molecule has 0 atom stereocenters. The van der Waals surface area contributed by atoms with E-state index in [9.17, 15) is 9.18 Å². The molecule has 2 aromatic heterocycles. The minimum Gasteiger partial charge on any atom is -0.454 e. The molecule has 1 aliphatic heterocycles. The Morgan fingerprint density at radius 1 is 1.23 bits per heavy atom. The number of para-hydroxylation sites is 1. The fourth-order valence-corrected chi connectivity index (χ4v) is 5.08. The van der Waals surface area contributed by atoms with Crippen LogP contribution in [0.4, 0.5) is 9.18 Å². The van der Waals surface area contributed by atoms with Gasteiger partial charge in [0.15, 0.2) is 11.6 Å². The molecule has 10 heteroatoms. The number of halogens is 1. The van der Waals surface area contributed by atoms with Gasteiger partial charge in [0.2, 0.25) is 5.82 Å². The number of hydrogen-bond acceptors (Lipinski definition) is 8. The lowest BCUT2D eigenvalue weighted by atomic mass is 10.1. The topological polar surface area (TPSA) is 97.9 Å². The third-order valence-corrected chi connectivity index (χ3v) is 6.76. The predicted molar refractivity (Wildman–Crippen MR) is 127 cm³/mol. The summed E-state index contributed by atoms with van der Waals surface area (Å²) in [6.07, 6.45) is -0.676. The third-order valence-electron chi connectivity index (χ3n) is 5.61. The molecule has 1 saturated heterocycles. The van der Waals surface area contributed by atoms with Gasteiger partial charge in [-0.05, 0) is 54.4 Å². The van der Waals surface area contributed by atoms with E-state index in [1.54, 1.807) is 53.8 Å². The normalized spacial score (nSPS) is 14.0. The van der Waals surface area contributed by atoms with Gasteiger partial charge in [-0.3, -0.25) is 4.90 Å². The van der Waals surface area contributed by atoms with Crippen LogP contribution in [0.25, 0.3) is 22.2 Å². The highest BCUT2D eigenvalue weighted by Gasteiger charge is 2.30. The van der Waals surface area contributed by atoms with E-state index in [0.717, 1.165) is 27.3 Å². The van der Waals surface area contributed by atoms with E-state index in [4.69, 9.17) is 19.1 Å². The van der Waals surface area contributed by atoms with Crippen LogP contribution in [0.2, 0.25) is 0 Å². The SMILES string of the molecule is CCc1cc(CN2CC(OC(=O)O)C2)sc1-c1noc(-c2ccc(Oc3ccccc3F)cc2)n1. The molecule has 1 aliphatic rings. The number of thiophene rings is 1. The smallest absolute Gasteiger partial charge is 0.454 e. The van der Waals surface area contributed by atoms with Crippen LogP contribution >= 0.6 is 11.3 Å². The second-order valence-electron chi connectivity index (χ2n) is 8.10. The van der Waals surface area contributed by atoms with Gasteiger partial charge < -0.3 is 19.1 Å². The predicted octanol–water partition coefficient (Wildman–Crippen LogP) is 5.84. The van der Waals surface area contributed by atoms with Gasteiger partial charge in [0.25, 0.3) is 5.89 Å². The highest BCUT2D eigenvalue weighted by molar-refractivity contribution is 7.15. The van der Waals surface area contributed by atoms with Crippen molar-refractivity contribution in [2.45, 2.75) is 26.0 Å². The van der Waals surface area contributed by atoms with Crippen molar-refractivity contribution < 1.29 is 28.3 Å². The summed E-state index contributed by atoms with van der Waals surface area (Å²) in [6, 6.07) is 15.4. The molecule has 180 valence electrons. The Morgan fingerprint density at radius 2 is 2.00 bits per heavy atom. The molecule has 0 aliphatic carbocycles. The first-order valence-electron chi connectivity index (χ1n) is 11.1. The van der Waals surface area contributed by atoms with Gasteiger partial charge in [0, 0.05) is 30.1 Å². The van der Waals surface area contributed by atoms with E-state index in [0.29, 0.717) is 37.1 Å². The number of ether oxygens (including phenoxy) is 2. The Kier molecular flexibility index (Phi) is 6.47. The quantitative estimate of drug-likeness (QED) is 0.305. The summed E-state index contributed by atoms with van der Waals surface area (Å²) in [5.74, 6) is 1.13. The van der Waals surface area contributed by atoms with E-state index in [1.807, 2.05) is 0 Å².